The molecule has 1 saturated carbocycles. The van der Waals surface area contributed by atoms with Crippen LogP contribution in [0, 0.1) is 0 Å². The Morgan fingerprint density at radius 3 is 2.28 bits per heavy atom. The molecule has 1 aromatic carbocycles. The van der Waals surface area contributed by atoms with Crippen LogP contribution in [-0.4, -0.2) is 61.4 Å². The molecule has 1 amide bonds. The van der Waals surface area contributed by atoms with Crippen molar-refractivity contribution >= 4 is 22.4 Å². The van der Waals surface area contributed by atoms with E-state index in [1.807, 2.05) is 11.0 Å². The summed E-state index contributed by atoms with van der Waals surface area (Å²) in [4.78, 5) is 17.2. The topological polar surface area (TPSA) is 67.8 Å². The third kappa shape index (κ3) is 4.17. The van der Waals surface area contributed by atoms with Crippen molar-refractivity contribution in [1.29, 1.82) is 0 Å². The van der Waals surface area contributed by atoms with Gasteiger partial charge in [0.1, 0.15) is 22.1 Å². The molecule has 1 saturated heterocycles. The van der Waals surface area contributed by atoms with Crippen LogP contribution in [-0.2, 0) is 0 Å². The molecule has 0 radical (unpaired) electrons. The smallest absolute Gasteiger partial charge is 0.261 e. The number of ether oxygens (including phenoxy) is 2. The molecule has 1 aliphatic heterocycles. The van der Waals surface area contributed by atoms with Gasteiger partial charge in [0.05, 0.1) is 14.2 Å². The number of aromatic nitrogens is 2. The maximum Gasteiger partial charge on any atom is 0.261 e. The largest absolute Gasteiger partial charge is 0.496 e. The van der Waals surface area contributed by atoms with Crippen molar-refractivity contribution in [3.8, 4) is 11.5 Å². The van der Waals surface area contributed by atoms with E-state index in [4.69, 9.17) is 9.47 Å². The lowest BCUT2D eigenvalue weighted by Crippen LogP contribution is -2.48. The molecule has 1 aliphatic carbocycles. The Hall–Kier alpha value is -2.35. The zero-order valence-corrected chi connectivity index (χ0v) is 17.9. The van der Waals surface area contributed by atoms with Crippen LogP contribution in [0.4, 0.5) is 5.13 Å². The highest BCUT2D eigenvalue weighted by Gasteiger charge is 2.29. The number of hydrogen-bond acceptors (Lipinski definition) is 7. The van der Waals surface area contributed by atoms with Crippen molar-refractivity contribution in [2.75, 3.05) is 45.3 Å². The lowest BCUT2D eigenvalue weighted by Gasteiger charge is -2.34. The fourth-order valence-corrected chi connectivity index (χ4v) is 5.25. The molecule has 2 heterocycles. The quantitative estimate of drug-likeness (QED) is 0.742. The van der Waals surface area contributed by atoms with E-state index in [0.717, 1.165) is 18.2 Å². The van der Waals surface area contributed by atoms with Gasteiger partial charge in [0.15, 0.2) is 0 Å². The number of piperazine rings is 1. The highest BCUT2D eigenvalue weighted by molar-refractivity contribution is 7.15. The Balaban J connectivity index is 1.41. The average Bonchev–Trinajstić information content (AvgIpc) is 3.29. The molecule has 2 fully saturated rings. The van der Waals surface area contributed by atoms with Crippen LogP contribution in [0.5, 0.6) is 11.5 Å². The Morgan fingerprint density at radius 1 is 1.00 bits per heavy atom. The minimum Gasteiger partial charge on any atom is -0.496 e. The van der Waals surface area contributed by atoms with Gasteiger partial charge >= 0.3 is 0 Å². The third-order valence-electron chi connectivity index (χ3n) is 5.86. The Bertz CT molecular complexity index is 820. The first-order valence-corrected chi connectivity index (χ1v) is 11.1. The van der Waals surface area contributed by atoms with Gasteiger partial charge in [0.2, 0.25) is 5.13 Å². The summed E-state index contributed by atoms with van der Waals surface area (Å²) in [5, 5.41) is 11.1. The second kappa shape index (κ2) is 8.98. The molecule has 156 valence electrons. The number of nitrogens with zero attached hydrogens (tertiary/aromatic N) is 4. The van der Waals surface area contributed by atoms with E-state index in [1.165, 1.54) is 37.1 Å². The van der Waals surface area contributed by atoms with Crippen LogP contribution >= 0.6 is 11.3 Å². The predicted molar refractivity (Wildman–Crippen MR) is 113 cm³/mol. The van der Waals surface area contributed by atoms with Gasteiger partial charge in [-0.2, -0.15) is 0 Å². The molecule has 0 atom stereocenters. The maximum absolute atomic E-state index is 13.1. The van der Waals surface area contributed by atoms with E-state index in [1.54, 1.807) is 37.7 Å². The minimum absolute atomic E-state index is 0.0564. The molecule has 0 bridgehead atoms. The summed E-state index contributed by atoms with van der Waals surface area (Å²) in [7, 11) is 3.14. The molecule has 2 aromatic rings. The van der Waals surface area contributed by atoms with Crippen molar-refractivity contribution in [1.82, 2.24) is 15.1 Å². The van der Waals surface area contributed by atoms with Crippen molar-refractivity contribution < 1.29 is 14.3 Å². The average molecular weight is 417 g/mol. The zero-order chi connectivity index (χ0) is 20.2. The highest BCUT2D eigenvalue weighted by atomic mass is 32.1. The molecule has 0 unspecified atom stereocenters. The number of hydrogen-bond donors (Lipinski definition) is 0. The van der Waals surface area contributed by atoms with E-state index >= 15 is 0 Å². The monoisotopic (exact) mass is 416 g/mol. The Morgan fingerprint density at radius 2 is 1.66 bits per heavy atom. The lowest BCUT2D eigenvalue weighted by molar-refractivity contribution is 0.0739. The van der Waals surface area contributed by atoms with Gasteiger partial charge in [-0.25, -0.2) is 0 Å². The van der Waals surface area contributed by atoms with Crippen molar-refractivity contribution in [2.45, 2.75) is 38.0 Å². The van der Waals surface area contributed by atoms with E-state index in [-0.39, 0.29) is 5.91 Å². The third-order valence-corrected chi connectivity index (χ3v) is 7.01. The molecule has 8 heteroatoms. The molecular weight excluding hydrogens is 388 g/mol. The van der Waals surface area contributed by atoms with Gasteiger partial charge in [-0.15, -0.1) is 10.2 Å². The predicted octanol–water partition coefficient (Wildman–Crippen LogP) is 3.57. The lowest BCUT2D eigenvalue weighted by atomic mass is 9.90. The number of carbonyl (C=O) groups is 1. The molecule has 0 N–H and O–H groups in total. The van der Waals surface area contributed by atoms with Crippen LogP contribution < -0.4 is 14.4 Å². The van der Waals surface area contributed by atoms with E-state index in [0.29, 0.717) is 36.1 Å². The first-order valence-electron chi connectivity index (χ1n) is 10.3. The normalized spacial score (nSPS) is 18.0. The van der Waals surface area contributed by atoms with Gasteiger partial charge in [0.25, 0.3) is 5.91 Å². The fraction of sp³-hybridized carbons (Fsp3) is 0.571. The summed E-state index contributed by atoms with van der Waals surface area (Å²) in [6.07, 6.45) is 6.41. The second-order valence-corrected chi connectivity index (χ2v) is 8.56. The Kier molecular flexibility index (Phi) is 6.18. The van der Waals surface area contributed by atoms with Crippen LogP contribution in [0.3, 0.4) is 0 Å². The zero-order valence-electron chi connectivity index (χ0n) is 17.1. The van der Waals surface area contributed by atoms with E-state index in [2.05, 4.69) is 15.1 Å². The summed E-state index contributed by atoms with van der Waals surface area (Å²) < 4.78 is 10.8. The summed E-state index contributed by atoms with van der Waals surface area (Å²) in [6, 6.07) is 5.41. The fourth-order valence-electron chi connectivity index (χ4n) is 4.19. The van der Waals surface area contributed by atoms with Crippen molar-refractivity contribution in [2.24, 2.45) is 0 Å². The van der Waals surface area contributed by atoms with Gasteiger partial charge in [-0.3, -0.25) is 4.79 Å². The number of amides is 1. The SMILES string of the molecule is COc1cccc(OC)c1C(=O)N1CCN(c2nnc(C3CCCCC3)s2)CC1. The minimum atomic E-state index is -0.0564. The molecule has 7 nitrogen and oxygen atoms in total. The van der Waals surface area contributed by atoms with Gasteiger partial charge < -0.3 is 19.3 Å². The van der Waals surface area contributed by atoms with Crippen molar-refractivity contribution in [3.63, 3.8) is 0 Å². The highest BCUT2D eigenvalue weighted by Crippen LogP contribution is 2.36. The number of benzene rings is 1. The van der Waals surface area contributed by atoms with Crippen LogP contribution in [0.2, 0.25) is 0 Å². The first-order chi connectivity index (χ1) is 14.2. The van der Waals surface area contributed by atoms with Gasteiger partial charge in [-0.1, -0.05) is 36.7 Å². The van der Waals surface area contributed by atoms with Crippen LogP contribution in [0.25, 0.3) is 0 Å². The van der Waals surface area contributed by atoms with E-state index in [9.17, 15) is 4.79 Å². The van der Waals surface area contributed by atoms with Crippen molar-refractivity contribution in [3.05, 3.63) is 28.8 Å². The molecule has 1 aromatic heterocycles. The first kappa shape index (κ1) is 19.9. The van der Waals surface area contributed by atoms with E-state index < -0.39 is 0 Å². The maximum atomic E-state index is 13.1. The van der Waals surface area contributed by atoms with Gasteiger partial charge in [0, 0.05) is 32.1 Å². The number of anilines is 1. The number of rotatable bonds is 5. The summed E-state index contributed by atoms with van der Waals surface area (Å²) in [5.74, 6) is 1.60. The molecule has 4 rings (SSSR count). The number of methoxy groups -OCH3 is 2. The summed E-state index contributed by atoms with van der Waals surface area (Å²) >= 11 is 1.72. The molecule has 2 aliphatic rings. The molecular formula is C21H28N4O3S. The number of carbonyl (C=O) groups excluding carboxylic acids is 1. The molecule has 29 heavy (non-hydrogen) atoms. The second-order valence-electron chi connectivity index (χ2n) is 7.57. The van der Waals surface area contributed by atoms with Crippen LogP contribution in [0.1, 0.15) is 53.4 Å². The Labute approximate surface area is 175 Å². The summed E-state index contributed by atoms with van der Waals surface area (Å²) in [6.45, 7) is 2.78. The summed E-state index contributed by atoms with van der Waals surface area (Å²) in [5.41, 5.74) is 0.487. The standard InChI is InChI=1S/C21H28N4O3S/c1-27-16-9-6-10-17(28-2)18(16)20(26)24-11-13-25(14-12-24)21-23-22-19(29-21)15-7-4-3-5-8-15/h6,9-10,15H,3-5,7-8,11-14H2,1-2H3. The molecule has 0 spiro atoms. The van der Waals surface area contributed by atoms with Gasteiger partial charge in [-0.05, 0) is 25.0 Å². The van der Waals surface area contributed by atoms with Crippen LogP contribution in [0.15, 0.2) is 18.2 Å².